The maximum Gasteiger partial charge on any atom is 0.125 e. The first-order valence-electron chi connectivity index (χ1n) is 4.95. The zero-order valence-electron chi connectivity index (χ0n) is 8.95. The first-order chi connectivity index (χ1) is 7.33. The topological polar surface area (TPSA) is 38.1 Å². The minimum absolute atomic E-state index is 0.733. The smallest absolute Gasteiger partial charge is 0.125 e. The quantitative estimate of drug-likeness (QED) is 0.830. The van der Waals surface area contributed by atoms with Crippen molar-refractivity contribution in [2.75, 3.05) is 7.05 Å². The lowest BCUT2D eigenvalue weighted by Crippen LogP contribution is -2.05. The molecular formula is C12H14N2O. The molecule has 0 saturated heterocycles. The van der Waals surface area contributed by atoms with E-state index in [-0.39, 0.29) is 0 Å². The lowest BCUT2D eigenvalue weighted by molar-refractivity contribution is 0.496. The Morgan fingerprint density at radius 3 is 2.93 bits per heavy atom. The summed E-state index contributed by atoms with van der Waals surface area (Å²) in [6.45, 7) is 2.81. The Balaban J connectivity index is 2.45. The van der Waals surface area contributed by atoms with Crippen molar-refractivity contribution in [1.82, 2.24) is 10.3 Å². The van der Waals surface area contributed by atoms with Crippen molar-refractivity contribution in [3.8, 4) is 11.1 Å². The first-order valence-corrected chi connectivity index (χ1v) is 4.95. The predicted molar refractivity (Wildman–Crippen MR) is 59.4 cm³/mol. The molecular weight excluding hydrogens is 188 g/mol. The number of pyridine rings is 1. The molecule has 0 radical (unpaired) electrons. The van der Waals surface area contributed by atoms with Gasteiger partial charge in [-0.25, -0.2) is 0 Å². The van der Waals surface area contributed by atoms with Crippen LogP contribution < -0.4 is 5.32 Å². The van der Waals surface area contributed by atoms with Crippen molar-refractivity contribution >= 4 is 0 Å². The third-order valence-electron chi connectivity index (χ3n) is 2.41. The number of aryl methyl sites for hydroxylation is 1. The van der Waals surface area contributed by atoms with E-state index in [9.17, 15) is 0 Å². The Labute approximate surface area is 89.1 Å². The highest BCUT2D eigenvalue weighted by Crippen LogP contribution is 2.26. The molecule has 0 amide bonds. The average molecular weight is 202 g/mol. The zero-order chi connectivity index (χ0) is 10.7. The first kappa shape index (κ1) is 9.93. The summed E-state index contributed by atoms with van der Waals surface area (Å²) in [5.41, 5.74) is 3.47. The minimum atomic E-state index is 0.733. The third kappa shape index (κ3) is 1.92. The third-order valence-corrected chi connectivity index (χ3v) is 2.41. The van der Waals surface area contributed by atoms with Gasteiger partial charge < -0.3 is 9.73 Å². The van der Waals surface area contributed by atoms with Gasteiger partial charge in [-0.05, 0) is 31.7 Å². The highest BCUT2D eigenvalue weighted by atomic mass is 16.3. The van der Waals surface area contributed by atoms with Gasteiger partial charge in [-0.1, -0.05) is 0 Å². The standard InChI is InChI=1S/C12H14N2O/c1-9-3-5-14-7-11(9)10-4-6-15-12(10)8-13-2/h3-7,13H,8H2,1-2H3. The van der Waals surface area contributed by atoms with Crippen LogP contribution in [0.4, 0.5) is 0 Å². The van der Waals surface area contributed by atoms with Gasteiger partial charge in [0.1, 0.15) is 5.76 Å². The molecule has 1 N–H and O–H groups in total. The Hall–Kier alpha value is -1.61. The van der Waals surface area contributed by atoms with E-state index in [2.05, 4.69) is 17.2 Å². The maximum absolute atomic E-state index is 5.42. The molecule has 2 rings (SSSR count). The van der Waals surface area contributed by atoms with Gasteiger partial charge in [0.15, 0.2) is 0 Å². The molecule has 0 unspecified atom stereocenters. The maximum atomic E-state index is 5.42. The van der Waals surface area contributed by atoms with Crippen LogP contribution in [0, 0.1) is 6.92 Å². The number of rotatable bonds is 3. The van der Waals surface area contributed by atoms with Crippen LogP contribution in [0.5, 0.6) is 0 Å². The van der Waals surface area contributed by atoms with Crippen LogP contribution in [-0.2, 0) is 6.54 Å². The van der Waals surface area contributed by atoms with Crippen molar-refractivity contribution in [2.24, 2.45) is 0 Å². The van der Waals surface area contributed by atoms with E-state index in [1.54, 1.807) is 12.5 Å². The van der Waals surface area contributed by atoms with E-state index in [1.807, 2.05) is 25.4 Å². The van der Waals surface area contributed by atoms with E-state index in [4.69, 9.17) is 4.42 Å². The number of aromatic nitrogens is 1. The lowest BCUT2D eigenvalue weighted by Gasteiger charge is -2.04. The summed E-state index contributed by atoms with van der Waals surface area (Å²) in [4.78, 5) is 4.14. The molecule has 2 heterocycles. The van der Waals surface area contributed by atoms with Gasteiger partial charge >= 0.3 is 0 Å². The monoisotopic (exact) mass is 202 g/mol. The van der Waals surface area contributed by atoms with Crippen LogP contribution in [0.1, 0.15) is 11.3 Å². The van der Waals surface area contributed by atoms with Gasteiger partial charge in [-0.3, -0.25) is 4.98 Å². The van der Waals surface area contributed by atoms with Crippen LogP contribution in [0.15, 0.2) is 35.2 Å². The molecule has 0 aliphatic carbocycles. The average Bonchev–Trinajstić information content (AvgIpc) is 2.67. The fraction of sp³-hybridized carbons (Fsp3) is 0.250. The van der Waals surface area contributed by atoms with Crippen molar-refractivity contribution in [3.05, 3.63) is 42.1 Å². The van der Waals surface area contributed by atoms with Crippen LogP contribution in [0.25, 0.3) is 11.1 Å². The normalized spacial score (nSPS) is 10.5. The number of hydrogen-bond donors (Lipinski definition) is 1. The lowest BCUT2D eigenvalue weighted by atomic mass is 10.0. The fourth-order valence-electron chi connectivity index (χ4n) is 1.62. The summed E-state index contributed by atoms with van der Waals surface area (Å²) in [6, 6.07) is 3.99. The van der Waals surface area contributed by atoms with Crippen LogP contribution >= 0.6 is 0 Å². The number of hydrogen-bond acceptors (Lipinski definition) is 3. The van der Waals surface area contributed by atoms with Gasteiger partial charge in [-0.2, -0.15) is 0 Å². The fourth-order valence-corrected chi connectivity index (χ4v) is 1.62. The van der Waals surface area contributed by atoms with Gasteiger partial charge in [0.05, 0.1) is 12.8 Å². The summed E-state index contributed by atoms with van der Waals surface area (Å²) in [5, 5.41) is 3.09. The number of furan rings is 1. The molecule has 0 fully saturated rings. The molecule has 0 saturated carbocycles. The Kier molecular flexibility index (Phi) is 2.83. The van der Waals surface area contributed by atoms with E-state index in [0.29, 0.717) is 0 Å². The SMILES string of the molecule is CNCc1occc1-c1cnccc1C. The van der Waals surface area contributed by atoms with Gasteiger partial charge in [-0.15, -0.1) is 0 Å². The molecule has 0 aromatic carbocycles. The molecule has 2 aromatic heterocycles. The second-order valence-corrected chi connectivity index (χ2v) is 3.48. The summed E-state index contributed by atoms with van der Waals surface area (Å²) < 4.78 is 5.42. The molecule has 3 heteroatoms. The van der Waals surface area contributed by atoms with Crippen LogP contribution in [0.3, 0.4) is 0 Å². The highest BCUT2D eigenvalue weighted by molar-refractivity contribution is 5.67. The molecule has 0 spiro atoms. The summed E-state index contributed by atoms with van der Waals surface area (Å²) in [5.74, 6) is 0.952. The molecule has 2 aromatic rings. The molecule has 0 atom stereocenters. The Bertz CT molecular complexity index is 448. The van der Waals surface area contributed by atoms with Crippen LogP contribution in [-0.4, -0.2) is 12.0 Å². The van der Waals surface area contributed by atoms with E-state index in [1.165, 1.54) is 5.56 Å². The largest absolute Gasteiger partial charge is 0.467 e. The molecule has 15 heavy (non-hydrogen) atoms. The van der Waals surface area contributed by atoms with Gasteiger partial charge in [0.25, 0.3) is 0 Å². The zero-order valence-corrected chi connectivity index (χ0v) is 8.95. The van der Waals surface area contributed by atoms with Gasteiger partial charge in [0.2, 0.25) is 0 Å². The van der Waals surface area contributed by atoms with E-state index >= 15 is 0 Å². The Morgan fingerprint density at radius 2 is 2.20 bits per heavy atom. The summed E-state index contributed by atoms with van der Waals surface area (Å²) in [6.07, 6.45) is 5.39. The number of nitrogens with one attached hydrogen (secondary N) is 1. The molecule has 0 aliphatic rings. The van der Waals surface area contributed by atoms with E-state index < -0.39 is 0 Å². The second kappa shape index (κ2) is 4.28. The van der Waals surface area contributed by atoms with Crippen molar-refractivity contribution in [1.29, 1.82) is 0 Å². The van der Waals surface area contributed by atoms with E-state index in [0.717, 1.165) is 23.4 Å². The number of nitrogens with zero attached hydrogens (tertiary/aromatic N) is 1. The minimum Gasteiger partial charge on any atom is -0.467 e. The molecule has 3 nitrogen and oxygen atoms in total. The summed E-state index contributed by atoms with van der Waals surface area (Å²) >= 11 is 0. The molecule has 0 aliphatic heterocycles. The summed E-state index contributed by atoms with van der Waals surface area (Å²) in [7, 11) is 1.91. The Morgan fingerprint density at radius 1 is 1.33 bits per heavy atom. The molecule has 0 bridgehead atoms. The molecule has 78 valence electrons. The predicted octanol–water partition coefficient (Wildman–Crippen LogP) is 2.37. The van der Waals surface area contributed by atoms with Crippen LogP contribution in [0.2, 0.25) is 0 Å². The highest BCUT2D eigenvalue weighted by Gasteiger charge is 2.09. The van der Waals surface area contributed by atoms with Crippen molar-refractivity contribution in [3.63, 3.8) is 0 Å². The second-order valence-electron chi connectivity index (χ2n) is 3.48. The van der Waals surface area contributed by atoms with Crippen molar-refractivity contribution < 1.29 is 4.42 Å². The van der Waals surface area contributed by atoms with Crippen molar-refractivity contribution in [2.45, 2.75) is 13.5 Å². The van der Waals surface area contributed by atoms with Gasteiger partial charge in [0, 0.05) is 23.5 Å².